The Kier molecular flexibility index (Phi) is 27.3. The van der Waals surface area contributed by atoms with Crippen molar-refractivity contribution in [3.05, 3.63) is 159 Å². The number of carbonyl (C=O) groups is 3. The van der Waals surface area contributed by atoms with Crippen LogP contribution >= 0.6 is 0 Å². The van der Waals surface area contributed by atoms with E-state index < -0.39 is 12.1 Å². The van der Waals surface area contributed by atoms with E-state index in [0.29, 0.717) is 0 Å². The van der Waals surface area contributed by atoms with E-state index in [9.17, 15) is 19.5 Å². The Balaban J connectivity index is 0.000000222. The molecule has 0 saturated carbocycles. The van der Waals surface area contributed by atoms with Gasteiger partial charge < -0.3 is 62.7 Å². The molecule has 0 spiro atoms. The second kappa shape index (κ2) is 34.6. The highest BCUT2D eigenvalue weighted by Crippen LogP contribution is 2.47. The lowest BCUT2D eigenvalue weighted by atomic mass is 9.96. The number of methoxy groups -OCH3 is 8. The third kappa shape index (κ3) is 18.1. The van der Waals surface area contributed by atoms with Gasteiger partial charge >= 0.3 is 17.9 Å². The fraction of sp³-hybridized carbons (Fsp3) is 0.375. The first-order valence-electron chi connectivity index (χ1n) is 28.5. The van der Waals surface area contributed by atoms with Gasteiger partial charge in [0.2, 0.25) is 0 Å². The molecule has 0 aromatic heterocycles. The van der Waals surface area contributed by atoms with Crippen molar-refractivity contribution in [1.82, 2.24) is 0 Å². The standard InChI is InChI=1S/C24H26O5.C23H24O5.C13H14O3.C11H14O3.CH4/c1-5-6-17(15-23(25)28-4)16-7-9-18(10-8-16)29-22-12-11-19-20(26-2)13-14-21(27-3)24(19)22;1-4-5-16(14-22(24)25)15-6-8-17(9-7-15)28-21-11-10-18-19(26-2)12-13-20(27-3)23(18)21;1-3-4-11(9-13(15)16-2)10-5-7-12(14)8-6-10;1-13-9-5-6-10(14-2)11-7(9)3-4-8(11)12;/h7-10,13-14,17,22H,11-12,15H2,1-4H3;6-9,12-13,16,21H,10-11,14H2,1-3H3,(H,24,25);5-8,11,14H,9H2,1-2H3;5-6,8,12H,3-4H2,1-2H3;1H4/t17-,22?;16-,21?;11-;;/m000../s1. The lowest BCUT2D eigenvalue weighted by molar-refractivity contribution is -0.141. The number of carbonyl (C=O) groups excluding carboxylic acids is 2. The number of benzene rings is 6. The van der Waals surface area contributed by atoms with Crippen LogP contribution < -0.4 is 37.9 Å². The molecule has 3 N–H and O–H groups in total. The number of aliphatic hydroxyl groups excluding tert-OH is 1. The van der Waals surface area contributed by atoms with E-state index in [1.807, 2.05) is 84.9 Å². The Labute approximate surface area is 518 Å². The van der Waals surface area contributed by atoms with Crippen LogP contribution in [0.4, 0.5) is 0 Å². The largest absolute Gasteiger partial charge is 0.508 e. The van der Waals surface area contributed by atoms with Crippen LogP contribution in [0.5, 0.6) is 51.7 Å². The maximum absolute atomic E-state index is 11.7. The number of phenols is 1. The van der Waals surface area contributed by atoms with Crippen molar-refractivity contribution in [2.45, 2.75) is 122 Å². The van der Waals surface area contributed by atoms with Crippen LogP contribution in [0.2, 0.25) is 0 Å². The van der Waals surface area contributed by atoms with E-state index in [4.69, 9.17) is 52.8 Å². The van der Waals surface area contributed by atoms with Crippen LogP contribution in [-0.2, 0) is 43.1 Å². The number of phenolic OH excluding ortho intramolecular Hbond substituents is 1. The van der Waals surface area contributed by atoms with Crippen LogP contribution in [0.1, 0.15) is 153 Å². The molecule has 6 aromatic carbocycles. The van der Waals surface area contributed by atoms with Crippen LogP contribution in [-0.4, -0.2) is 90.1 Å². The Morgan fingerprint density at radius 2 is 0.750 bits per heavy atom. The summed E-state index contributed by atoms with van der Waals surface area (Å²) in [6, 6.07) is 33.3. The summed E-state index contributed by atoms with van der Waals surface area (Å²) in [4.78, 5) is 33.9. The molecule has 0 radical (unpaired) electrons. The highest BCUT2D eigenvalue weighted by atomic mass is 16.5. The van der Waals surface area contributed by atoms with Gasteiger partial charge in [-0.25, -0.2) is 0 Å². The molecule has 0 bridgehead atoms. The van der Waals surface area contributed by atoms with Gasteiger partial charge in [-0.2, -0.15) is 0 Å². The van der Waals surface area contributed by atoms with Crippen LogP contribution in [0.15, 0.2) is 109 Å². The second-order valence-corrected chi connectivity index (χ2v) is 20.2. The third-order valence-corrected chi connectivity index (χ3v) is 15.0. The van der Waals surface area contributed by atoms with E-state index in [1.165, 1.54) is 14.2 Å². The zero-order chi connectivity index (χ0) is 63.0. The van der Waals surface area contributed by atoms with Crippen molar-refractivity contribution in [2.24, 2.45) is 0 Å². The van der Waals surface area contributed by atoms with Crippen molar-refractivity contribution in [1.29, 1.82) is 0 Å². The van der Waals surface area contributed by atoms with E-state index in [0.717, 1.165) is 135 Å². The number of hydrogen-bond donors (Lipinski definition) is 3. The first-order chi connectivity index (χ1) is 42.1. The summed E-state index contributed by atoms with van der Waals surface area (Å²) in [7, 11) is 12.7. The van der Waals surface area contributed by atoms with Crippen molar-refractivity contribution in [3.63, 3.8) is 0 Å². The number of aliphatic hydroxyl groups is 1. The SMILES string of the molecule is C.CC#C[C@@H](CC(=O)O)c1ccc(OC2CCc3c(OC)ccc(OC)c32)cc1.CC#C[C@@H](CC(=O)OC)c1ccc(O)cc1.CC#C[C@@H](CC(=O)OC)c1ccc(OC2CCc3c(OC)ccc(OC)c32)cc1.COc1ccc(OC)c2c1CCC2O. The third-order valence-electron chi connectivity index (χ3n) is 15.0. The first-order valence-corrected chi connectivity index (χ1v) is 28.5. The molecule has 16 heteroatoms. The number of ether oxygens (including phenoxy) is 10. The summed E-state index contributed by atoms with van der Waals surface area (Å²) in [6.07, 6.45) is 4.88. The summed E-state index contributed by atoms with van der Waals surface area (Å²) in [5.74, 6) is 22.0. The molecule has 3 aliphatic carbocycles. The van der Waals surface area contributed by atoms with Crippen molar-refractivity contribution in [3.8, 4) is 87.3 Å². The fourth-order valence-electron chi connectivity index (χ4n) is 10.9. The van der Waals surface area contributed by atoms with E-state index >= 15 is 0 Å². The number of aromatic hydroxyl groups is 1. The van der Waals surface area contributed by atoms with E-state index in [1.54, 1.807) is 87.7 Å². The maximum Gasteiger partial charge on any atom is 0.307 e. The molecule has 6 atom stereocenters. The Morgan fingerprint density at radius 3 is 1.08 bits per heavy atom. The molecule has 3 aliphatic rings. The number of hydrogen-bond acceptors (Lipinski definition) is 15. The Morgan fingerprint density at radius 1 is 0.443 bits per heavy atom. The minimum Gasteiger partial charge on any atom is -0.508 e. The lowest BCUT2D eigenvalue weighted by Gasteiger charge is -2.19. The van der Waals surface area contributed by atoms with Gasteiger partial charge in [0, 0.05) is 33.4 Å². The molecule has 0 saturated heterocycles. The van der Waals surface area contributed by atoms with Crippen LogP contribution in [0.25, 0.3) is 0 Å². The molecule has 0 fully saturated rings. The van der Waals surface area contributed by atoms with Crippen molar-refractivity contribution in [2.75, 3.05) is 56.9 Å². The van der Waals surface area contributed by atoms with Gasteiger partial charge in [-0.3, -0.25) is 14.4 Å². The molecule has 0 heterocycles. The minimum absolute atomic E-state index is 0. The zero-order valence-electron chi connectivity index (χ0n) is 51.4. The molecule has 0 amide bonds. The highest BCUT2D eigenvalue weighted by molar-refractivity contribution is 5.72. The summed E-state index contributed by atoms with van der Waals surface area (Å²) in [5, 5.41) is 28.0. The van der Waals surface area contributed by atoms with Gasteiger partial charge in [-0.05, 0) is 149 Å². The lowest BCUT2D eigenvalue weighted by Crippen LogP contribution is -2.08. The van der Waals surface area contributed by atoms with E-state index in [-0.39, 0.29) is 74.3 Å². The van der Waals surface area contributed by atoms with Gasteiger partial charge in [0.15, 0.2) is 0 Å². The normalized spacial score (nSPS) is 15.2. The zero-order valence-corrected chi connectivity index (χ0v) is 51.4. The van der Waals surface area contributed by atoms with Gasteiger partial charge in [0.05, 0.1) is 100.0 Å². The molecule has 0 aliphatic heterocycles. The molecule has 3 unspecified atom stereocenters. The molecule has 466 valence electrons. The molecule has 6 aromatic rings. The quantitative estimate of drug-likeness (QED) is 0.0510. The minimum atomic E-state index is -0.864. The average Bonchev–Trinajstić information content (AvgIpc) is 4.23. The molecule has 16 nitrogen and oxygen atoms in total. The number of fused-ring (bicyclic) bond motifs is 3. The fourth-order valence-corrected chi connectivity index (χ4v) is 10.9. The Hall–Kier alpha value is -9.43. The van der Waals surface area contributed by atoms with Gasteiger partial charge in [0.1, 0.15) is 64.0 Å². The number of carboxylic acids is 1. The predicted molar refractivity (Wildman–Crippen MR) is 337 cm³/mol. The summed E-state index contributed by atoms with van der Waals surface area (Å²) >= 11 is 0. The second-order valence-electron chi connectivity index (χ2n) is 20.2. The summed E-state index contributed by atoms with van der Waals surface area (Å²) < 4.78 is 54.4. The molecular formula is C72H82O16. The molecular weight excluding hydrogens is 1120 g/mol. The van der Waals surface area contributed by atoms with Gasteiger partial charge in [-0.15, -0.1) is 17.8 Å². The smallest absolute Gasteiger partial charge is 0.307 e. The molecule has 9 rings (SSSR count). The number of carboxylic acid groups (broad SMARTS) is 1. The van der Waals surface area contributed by atoms with E-state index in [2.05, 4.69) is 40.3 Å². The number of rotatable bonds is 19. The predicted octanol–water partition coefficient (Wildman–Crippen LogP) is 13.2. The maximum atomic E-state index is 11.7. The number of aliphatic carboxylic acids is 1. The first kappa shape index (κ1) is 69.3. The van der Waals surface area contributed by atoms with Crippen LogP contribution in [0.3, 0.4) is 0 Å². The summed E-state index contributed by atoms with van der Waals surface area (Å²) in [5.41, 5.74) is 9.07. The summed E-state index contributed by atoms with van der Waals surface area (Å²) in [6.45, 7) is 5.21. The topological polar surface area (TPSA) is 204 Å². The van der Waals surface area contributed by atoms with Gasteiger partial charge in [-0.1, -0.05) is 61.6 Å². The monoisotopic (exact) mass is 1200 g/mol. The van der Waals surface area contributed by atoms with Gasteiger partial charge in [0.25, 0.3) is 0 Å². The molecule has 88 heavy (non-hydrogen) atoms. The average molecular weight is 1200 g/mol. The van der Waals surface area contributed by atoms with Crippen LogP contribution in [0, 0.1) is 35.5 Å². The Bertz CT molecular complexity index is 3460. The highest BCUT2D eigenvalue weighted by Gasteiger charge is 2.33. The van der Waals surface area contributed by atoms with Crippen molar-refractivity contribution < 1.29 is 77.1 Å². The van der Waals surface area contributed by atoms with Crippen molar-refractivity contribution >= 4 is 17.9 Å². The number of esters is 2.